The van der Waals surface area contributed by atoms with Crippen LogP contribution in [0.3, 0.4) is 0 Å². The fraction of sp³-hybridized carbons (Fsp3) is 0.333. The number of carbonyl (C=O) groups is 2. The standard InChI is InChI=1S/C21H22N2O3S/c1-22(13-15-7-3-2-4-8-15)19-18(17-10-6-12-27-17)20(24)23(21(19)25)14-16-9-5-11-26-16/h2-4,6-8,10,12,16H,5,9,11,13-14H2,1H3. The molecule has 4 rings (SSSR count). The molecule has 0 aliphatic carbocycles. The van der Waals surface area contributed by atoms with Crippen LogP contribution in [0.5, 0.6) is 0 Å². The molecule has 1 fully saturated rings. The summed E-state index contributed by atoms with van der Waals surface area (Å²) in [6.45, 7) is 1.60. The highest BCUT2D eigenvalue weighted by Crippen LogP contribution is 2.34. The van der Waals surface area contributed by atoms with Gasteiger partial charge in [-0.05, 0) is 29.9 Å². The van der Waals surface area contributed by atoms with Crippen LogP contribution in [0.25, 0.3) is 5.57 Å². The minimum absolute atomic E-state index is 0.0544. The molecule has 2 aliphatic rings. The van der Waals surface area contributed by atoms with Crippen molar-refractivity contribution in [1.29, 1.82) is 0 Å². The molecule has 0 N–H and O–H groups in total. The summed E-state index contributed by atoms with van der Waals surface area (Å²) in [7, 11) is 1.87. The molecular formula is C21H22N2O3S. The Hall–Kier alpha value is -2.44. The lowest BCUT2D eigenvalue weighted by molar-refractivity contribution is -0.139. The van der Waals surface area contributed by atoms with E-state index in [0.29, 0.717) is 31.0 Å². The number of carbonyl (C=O) groups excluding carboxylic acids is 2. The third kappa shape index (κ3) is 3.55. The minimum Gasteiger partial charge on any atom is -0.376 e. The first kappa shape index (κ1) is 17.9. The number of likely N-dealkylation sites (N-methyl/N-ethyl adjacent to an activating group) is 1. The molecule has 3 heterocycles. The zero-order chi connectivity index (χ0) is 18.8. The Bertz CT molecular complexity index is 855. The van der Waals surface area contributed by atoms with Crippen LogP contribution in [0.1, 0.15) is 23.3 Å². The van der Waals surface area contributed by atoms with Gasteiger partial charge in [-0.25, -0.2) is 0 Å². The van der Waals surface area contributed by atoms with Gasteiger partial charge in [-0.15, -0.1) is 11.3 Å². The summed E-state index contributed by atoms with van der Waals surface area (Å²) < 4.78 is 5.65. The van der Waals surface area contributed by atoms with Crippen molar-refractivity contribution in [1.82, 2.24) is 9.80 Å². The maximum Gasteiger partial charge on any atom is 0.277 e. The van der Waals surface area contributed by atoms with Gasteiger partial charge in [-0.1, -0.05) is 36.4 Å². The number of amides is 2. The van der Waals surface area contributed by atoms with Gasteiger partial charge < -0.3 is 9.64 Å². The molecule has 27 heavy (non-hydrogen) atoms. The van der Waals surface area contributed by atoms with E-state index in [1.807, 2.05) is 59.8 Å². The van der Waals surface area contributed by atoms with Gasteiger partial charge in [0.15, 0.2) is 0 Å². The Kier molecular flexibility index (Phi) is 5.09. The summed E-state index contributed by atoms with van der Waals surface area (Å²) in [5, 5.41) is 1.93. The number of rotatable bonds is 6. The topological polar surface area (TPSA) is 49.9 Å². The van der Waals surface area contributed by atoms with E-state index in [9.17, 15) is 9.59 Å². The van der Waals surface area contributed by atoms with Crippen molar-refractivity contribution in [2.24, 2.45) is 0 Å². The number of benzene rings is 1. The number of thiophene rings is 1. The van der Waals surface area contributed by atoms with Gasteiger partial charge in [-0.3, -0.25) is 14.5 Å². The van der Waals surface area contributed by atoms with E-state index >= 15 is 0 Å². The molecule has 1 saturated heterocycles. The molecule has 140 valence electrons. The summed E-state index contributed by atoms with van der Waals surface area (Å²) >= 11 is 1.48. The predicted molar refractivity (Wildman–Crippen MR) is 105 cm³/mol. The third-order valence-corrected chi connectivity index (χ3v) is 5.85. The molecule has 0 radical (unpaired) electrons. The Morgan fingerprint density at radius 2 is 1.96 bits per heavy atom. The van der Waals surface area contributed by atoms with Gasteiger partial charge in [0.05, 0.1) is 18.2 Å². The molecule has 1 aromatic carbocycles. The summed E-state index contributed by atoms with van der Waals surface area (Å²) in [5.41, 5.74) is 2.08. The molecule has 1 atom stereocenters. The average molecular weight is 382 g/mol. The van der Waals surface area contributed by atoms with Crippen LogP contribution in [0, 0.1) is 0 Å². The highest BCUT2D eigenvalue weighted by molar-refractivity contribution is 7.11. The number of ether oxygens (including phenoxy) is 1. The van der Waals surface area contributed by atoms with Gasteiger partial charge in [0, 0.05) is 25.1 Å². The van der Waals surface area contributed by atoms with Crippen LogP contribution in [0.15, 0.2) is 53.5 Å². The van der Waals surface area contributed by atoms with Crippen molar-refractivity contribution in [3.8, 4) is 0 Å². The van der Waals surface area contributed by atoms with E-state index in [1.165, 1.54) is 16.2 Å². The molecule has 0 saturated carbocycles. The van der Waals surface area contributed by atoms with Gasteiger partial charge in [0.2, 0.25) is 0 Å². The van der Waals surface area contributed by atoms with Crippen molar-refractivity contribution in [3.63, 3.8) is 0 Å². The number of nitrogens with zero attached hydrogens (tertiary/aromatic N) is 2. The van der Waals surface area contributed by atoms with E-state index < -0.39 is 0 Å². The van der Waals surface area contributed by atoms with Gasteiger partial charge in [0.25, 0.3) is 11.8 Å². The molecule has 2 amide bonds. The molecular weight excluding hydrogens is 360 g/mol. The first-order valence-corrected chi connectivity index (χ1v) is 10.0. The molecule has 2 aromatic rings. The Labute approximate surface area is 162 Å². The third-order valence-electron chi connectivity index (χ3n) is 4.97. The van der Waals surface area contributed by atoms with Crippen LogP contribution in [0.4, 0.5) is 0 Å². The van der Waals surface area contributed by atoms with Crippen LogP contribution in [0.2, 0.25) is 0 Å². The molecule has 1 aromatic heterocycles. The monoisotopic (exact) mass is 382 g/mol. The fourth-order valence-corrected chi connectivity index (χ4v) is 4.42. The van der Waals surface area contributed by atoms with Crippen molar-refractivity contribution in [2.45, 2.75) is 25.5 Å². The van der Waals surface area contributed by atoms with E-state index in [2.05, 4.69) is 0 Å². The lowest BCUT2D eigenvalue weighted by Gasteiger charge is -2.22. The molecule has 0 spiro atoms. The van der Waals surface area contributed by atoms with Crippen LogP contribution < -0.4 is 0 Å². The maximum atomic E-state index is 13.2. The molecule has 1 unspecified atom stereocenters. The van der Waals surface area contributed by atoms with Gasteiger partial charge >= 0.3 is 0 Å². The fourth-order valence-electron chi connectivity index (χ4n) is 3.65. The molecule has 0 bridgehead atoms. The summed E-state index contributed by atoms with van der Waals surface area (Å²) in [4.78, 5) is 30.4. The summed E-state index contributed by atoms with van der Waals surface area (Å²) in [5.74, 6) is -0.440. The minimum atomic E-state index is -0.225. The van der Waals surface area contributed by atoms with E-state index in [4.69, 9.17) is 4.74 Å². The van der Waals surface area contributed by atoms with Gasteiger partial charge in [0.1, 0.15) is 5.70 Å². The number of hydrogen-bond acceptors (Lipinski definition) is 5. The smallest absolute Gasteiger partial charge is 0.277 e. The molecule has 5 nitrogen and oxygen atoms in total. The highest BCUT2D eigenvalue weighted by atomic mass is 32.1. The Morgan fingerprint density at radius 3 is 2.63 bits per heavy atom. The lowest BCUT2D eigenvalue weighted by atomic mass is 10.1. The second kappa shape index (κ2) is 7.66. The van der Waals surface area contributed by atoms with Crippen molar-refractivity contribution >= 4 is 28.7 Å². The predicted octanol–water partition coefficient (Wildman–Crippen LogP) is 3.14. The SMILES string of the molecule is CN(Cc1ccccc1)C1=C(c2cccs2)C(=O)N(CC2CCCO2)C1=O. The zero-order valence-electron chi connectivity index (χ0n) is 15.3. The first-order valence-electron chi connectivity index (χ1n) is 9.16. The van der Waals surface area contributed by atoms with Crippen molar-refractivity contribution < 1.29 is 14.3 Å². The number of hydrogen-bond donors (Lipinski definition) is 0. The first-order chi connectivity index (χ1) is 13.1. The van der Waals surface area contributed by atoms with E-state index in [1.54, 1.807) is 0 Å². The Balaban J connectivity index is 1.65. The highest BCUT2D eigenvalue weighted by Gasteiger charge is 2.42. The summed E-state index contributed by atoms with van der Waals surface area (Å²) in [6, 6.07) is 13.8. The van der Waals surface area contributed by atoms with Crippen molar-refractivity contribution in [2.75, 3.05) is 20.2 Å². The van der Waals surface area contributed by atoms with Crippen LogP contribution >= 0.6 is 11.3 Å². The zero-order valence-corrected chi connectivity index (χ0v) is 16.1. The quantitative estimate of drug-likeness (QED) is 0.720. The molecule has 6 heteroatoms. The average Bonchev–Trinajstić information content (AvgIpc) is 3.40. The Morgan fingerprint density at radius 1 is 1.15 bits per heavy atom. The van der Waals surface area contributed by atoms with Crippen LogP contribution in [-0.4, -0.2) is 47.9 Å². The molecule has 2 aliphatic heterocycles. The lowest BCUT2D eigenvalue weighted by Crippen LogP contribution is -2.39. The summed E-state index contributed by atoms with van der Waals surface area (Å²) in [6.07, 6.45) is 1.81. The normalized spacial score (nSPS) is 20.0. The van der Waals surface area contributed by atoms with E-state index in [0.717, 1.165) is 23.3 Å². The van der Waals surface area contributed by atoms with Gasteiger partial charge in [-0.2, -0.15) is 0 Å². The van der Waals surface area contributed by atoms with Crippen molar-refractivity contribution in [3.05, 3.63) is 64.0 Å². The van der Waals surface area contributed by atoms with Crippen LogP contribution in [-0.2, 0) is 20.9 Å². The number of imide groups is 1. The van der Waals surface area contributed by atoms with E-state index in [-0.39, 0.29) is 17.9 Å². The largest absolute Gasteiger partial charge is 0.376 e. The second-order valence-electron chi connectivity index (χ2n) is 6.90. The second-order valence-corrected chi connectivity index (χ2v) is 7.85. The maximum absolute atomic E-state index is 13.2.